The monoisotopic (exact) mass is 424 g/mol. The van der Waals surface area contributed by atoms with Crippen molar-refractivity contribution in [2.24, 2.45) is 0 Å². The van der Waals surface area contributed by atoms with Crippen molar-refractivity contribution < 1.29 is 19.1 Å². The van der Waals surface area contributed by atoms with Gasteiger partial charge in [-0.25, -0.2) is 4.79 Å². The maximum Gasteiger partial charge on any atom is 0.343 e. The highest BCUT2D eigenvalue weighted by molar-refractivity contribution is 14.1. The Morgan fingerprint density at radius 3 is 2.39 bits per heavy atom. The van der Waals surface area contributed by atoms with Gasteiger partial charge in [-0.3, -0.25) is 4.79 Å². The molecule has 0 bridgehead atoms. The predicted octanol–water partition coefficient (Wildman–Crippen LogP) is 4.25. The first-order chi connectivity index (χ1) is 11.0. The van der Waals surface area contributed by atoms with Crippen LogP contribution in [0.15, 0.2) is 42.5 Å². The fraction of sp³-hybridized carbons (Fsp3) is 0.222. The van der Waals surface area contributed by atoms with E-state index in [-0.39, 0.29) is 12.4 Å². The minimum Gasteiger partial charge on any atom is -0.488 e. The maximum absolute atomic E-state index is 12.3. The number of ether oxygens (including phenoxy) is 2. The zero-order valence-electron chi connectivity index (χ0n) is 13.0. The molecule has 0 radical (unpaired) electrons. The van der Waals surface area contributed by atoms with Gasteiger partial charge in [-0.1, -0.05) is 30.3 Å². The summed E-state index contributed by atoms with van der Waals surface area (Å²) in [6.45, 7) is 3.81. The molecule has 23 heavy (non-hydrogen) atoms. The van der Waals surface area contributed by atoms with Gasteiger partial charge < -0.3 is 9.47 Å². The van der Waals surface area contributed by atoms with Gasteiger partial charge >= 0.3 is 5.97 Å². The lowest BCUT2D eigenvalue weighted by Crippen LogP contribution is -2.12. The number of Topliss-reactive ketones (excluding diaryl/α,β-unsaturated/α-hetero) is 1. The Balaban J connectivity index is 2.35. The number of rotatable bonds is 6. The van der Waals surface area contributed by atoms with E-state index in [0.717, 1.165) is 5.56 Å². The van der Waals surface area contributed by atoms with E-state index >= 15 is 0 Å². The minimum atomic E-state index is -0.483. The van der Waals surface area contributed by atoms with Gasteiger partial charge in [-0.05, 0) is 54.1 Å². The number of benzene rings is 2. The number of hydrogen-bond acceptors (Lipinski definition) is 4. The van der Waals surface area contributed by atoms with E-state index < -0.39 is 5.97 Å². The molecular formula is C18H17IO4. The van der Waals surface area contributed by atoms with Crippen LogP contribution in [0.25, 0.3) is 0 Å². The van der Waals surface area contributed by atoms with Crippen LogP contribution < -0.4 is 4.74 Å². The highest BCUT2D eigenvalue weighted by Crippen LogP contribution is 2.29. The standard InChI is InChI=1S/C18H17IO4/c1-3-22-18(21)16-15(10-9-14(12(2)20)17(16)19)23-11-13-7-5-4-6-8-13/h4-10H,3,11H2,1-2H3. The summed E-state index contributed by atoms with van der Waals surface area (Å²) in [5, 5.41) is 0. The number of esters is 1. The topological polar surface area (TPSA) is 52.6 Å². The molecule has 0 heterocycles. The normalized spacial score (nSPS) is 10.2. The quantitative estimate of drug-likeness (QED) is 0.395. The van der Waals surface area contributed by atoms with E-state index in [1.54, 1.807) is 19.1 Å². The van der Waals surface area contributed by atoms with Gasteiger partial charge in [0.1, 0.15) is 17.9 Å². The van der Waals surface area contributed by atoms with Crippen molar-refractivity contribution >= 4 is 34.3 Å². The zero-order chi connectivity index (χ0) is 16.8. The Bertz CT molecular complexity index is 710. The SMILES string of the molecule is CCOC(=O)c1c(OCc2ccccc2)ccc(C(C)=O)c1I. The Morgan fingerprint density at radius 2 is 1.78 bits per heavy atom. The van der Waals surface area contributed by atoms with E-state index in [4.69, 9.17) is 9.47 Å². The molecule has 2 rings (SSSR count). The molecule has 0 aromatic heterocycles. The Kier molecular flexibility index (Phi) is 6.15. The van der Waals surface area contributed by atoms with Crippen LogP contribution in [0.3, 0.4) is 0 Å². The molecule has 0 fully saturated rings. The fourth-order valence-electron chi connectivity index (χ4n) is 2.08. The molecule has 0 saturated carbocycles. The van der Waals surface area contributed by atoms with Gasteiger partial charge in [0.2, 0.25) is 0 Å². The Labute approximate surface area is 148 Å². The number of carbonyl (C=O) groups excluding carboxylic acids is 2. The molecule has 0 amide bonds. The van der Waals surface area contributed by atoms with Crippen LogP contribution in [0.4, 0.5) is 0 Å². The molecule has 0 saturated heterocycles. The highest BCUT2D eigenvalue weighted by atomic mass is 127. The molecule has 0 N–H and O–H groups in total. The van der Waals surface area contributed by atoms with Gasteiger partial charge in [0.15, 0.2) is 5.78 Å². The van der Waals surface area contributed by atoms with Crippen molar-refractivity contribution in [3.63, 3.8) is 0 Å². The summed E-state index contributed by atoms with van der Waals surface area (Å²) in [4.78, 5) is 23.9. The molecular weight excluding hydrogens is 407 g/mol. The summed E-state index contributed by atoms with van der Waals surface area (Å²) in [5.74, 6) is -0.167. The number of carbonyl (C=O) groups is 2. The summed E-state index contributed by atoms with van der Waals surface area (Å²) >= 11 is 1.99. The molecule has 0 aliphatic rings. The van der Waals surface area contributed by atoms with Gasteiger partial charge in [-0.2, -0.15) is 0 Å². The van der Waals surface area contributed by atoms with Crippen molar-refractivity contribution in [2.75, 3.05) is 6.61 Å². The van der Waals surface area contributed by atoms with Crippen LogP contribution in [0.2, 0.25) is 0 Å². The van der Waals surface area contributed by atoms with Crippen LogP contribution in [0, 0.1) is 3.57 Å². The first-order valence-corrected chi connectivity index (χ1v) is 8.29. The molecule has 0 atom stereocenters. The predicted molar refractivity (Wildman–Crippen MR) is 95.9 cm³/mol. The highest BCUT2D eigenvalue weighted by Gasteiger charge is 2.22. The third-order valence-corrected chi connectivity index (χ3v) is 4.32. The smallest absolute Gasteiger partial charge is 0.343 e. The molecule has 2 aromatic rings. The van der Waals surface area contributed by atoms with Crippen LogP contribution >= 0.6 is 22.6 Å². The van der Waals surface area contributed by atoms with Gasteiger partial charge in [0.05, 0.1) is 6.61 Å². The number of ketones is 1. The van der Waals surface area contributed by atoms with Crippen molar-refractivity contribution in [2.45, 2.75) is 20.5 Å². The fourth-order valence-corrected chi connectivity index (χ4v) is 3.12. The molecule has 0 unspecified atom stereocenters. The first-order valence-electron chi connectivity index (χ1n) is 7.21. The average molecular weight is 424 g/mol. The summed E-state index contributed by atoms with van der Waals surface area (Å²) in [7, 11) is 0. The third kappa shape index (κ3) is 4.31. The van der Waals surface area contributed by atoms with E-state index in [1.165, 1.54) is 6.92 Å². The van der Waals surface area contributed by atoms with Gasteiger partial charge in [0.25, 0.3) is 0 Å². The Hall–Kier alpha value is -1.89. The average Bonchev–Trinajstić information content (AvgIpc) is 2.53. The summed E-state index contributed by atoms with van der Waals surface area (Å²) < 4.78 is 11.4. The molecule has 120 valence electrons. The van der Waals surface area contributed by atoms with Gasteiger partial charge in [0, 0.05) is 9.13 Å². The lowest BCUT2D eigenvalue weighted by atomic mass is 10.1. The molecule has 0 aliphatic heterocycles. The third-order valence-electron chi connectivity index (χ3n) is 3.20. The largest absolute Gasteiger partial charge is 0.488 e. The second kappa shape index (κ2) is 8.10. The second-order valence-corrected chi connectivity index (χ2v) is 5.93. The maximum atomic E-state index is 12.3. The van der Waals surface area contributed by atoms with Crippen LogP contribution in [0.5, 0.6) is 5.75 Å². The van der Waals surface area contributed by atoms with Crippen LogP contribution in [-0.2, 0) is 11.3 Å². The molecule has 0 spiro atoms. The molecule has 0 aliphatic carbocycles. The number of hydrogen-bond donors (Lipinski definition) is 0. The molecule has 5 heteroatoms. The van der Waals surface area contributed by atoms with E-state index in [9.17, 15) is 9.59 Å². The van der Waals surface area contributed by atoms with Crippen LogP contribution in [0.1, 0.15) is 40.1 Å². The van der Waals surface area contributed by atoms with Crippen molar-refractivity contribution in [1.29, 1.82) is 0 Å². The lowest BCUT2D eigenvalue weighted by molar-refractivity contribution is 0.0520. The second-order valence-electron chi connectivity index (χ2n) is 4.85. The van der Waals surface area contributed by atoms with E-state index in [2.05, 4.69) is 0 Å². The first kappa shape index (κ1) is 17.5. The summed E-state index contributed by atoms with van der Waals surface area (Å²) in [6, 6.07) is 13.0. The van der Waals surface area contributed by atoms with Crippen molar-refractivity contribution in [3.05, 3.63) is 62.7 Å². The summed E-state index contributed by atoms with van der Waals surface area (Å²) in [5.41, 5.74) is 1.78. The zero-order valence-corrected chi connectivity index (χ0v) is 15.1. The Morgan fingerprint density at radius 1 is 1.09 bits per heavy atom. The lowest BCUT2D eigenvalue weighted by Gasteiger charge is -2.14. The van der Waals surface area contributed by atoms with Gasteiger partial charge in [-0.15, -0.1) is 0 Å². The van der Waals surface area contributed by atoms with Crippen LogP contribution in [-0.4, -0.2) is 18.4 Å². The van der Waals surface area contributed by atoms with E-state index in [0.29, 0.717) is 27.1 Å². The van der Waals surface area contributed by atoms with Crippen molar-refractivity contribution in [1.82, 2.24) is 0 Å². The van der Waals surface area contributed by atoms with Crippen molar-refractivity contribution in [3.8, 4) is 5.75 Å². The number of halogens is 1. The van der Waals surface area contributed by atoms with E-state index in [1.807, 2.05) is 52.9 Å². The summed E-state index contributed by atoms with van der Waals surface area (Å²) in [6.07, 6.45) is 0. The minimum absolute atomic E-state index is 0.102. The molecule has 2 aromatic carbocycles. The molecule has 4 nitrogen and oxygen atoms in total.